The molecule has 3 heterocycles. The molecule has 2 aromatic heterocycles. The molecular formula is C21H22N4O2. The number of esters is 1. The van der Waals surface area contributed by atoms with Crippen LogP contribution < -0.4 is 4.90 Å². The lowest BCUT2D eigenvalue weighted by atomic mass is 9.90. The molecule has 1 aromatic carbocycles. The van der Waals surface area contributed by atoms with Crippen molar-refractivity contribution in [2.75, 3.05) is 24.6 Å². The monoisotopic (exact) mass is 362 g/mol. The molecule has 0 saturated carbocycles. The van der Waals surface area contributed by atoms with Crippen molar-refractivity contribution in [3.63, 3.8) is 0 Å². The lowest BCUT2D eigenvalue weighted by Crippen LogP contribution is -2.34. The van der Waals surface area contributed by atoms with Crippen molar-refractivity contribution < 1.29 is 9.53 Å². The number of aromatic nitrogens is 3. The molecule has 1 aliphatic rings. The Morgan fingerprint density at radius 1 is 1.19 bits per heavy atom. The van der Waals surface area contributed by atoms with Crippen molar-refractivity contribution >= 4 is 22.7 Å². The summed E-state index contributed by atoms with van der Waals surface area (Å²) in [5.74, 6) is 1.39. The van der Waals surface area contributed by atoms with Crippen LogP contribution in [0.5, 0.6) is 0 Å². The van der Waals surface area contributed by atoms with E-state index in [4.69, 9.17) is 14.7 Å². The van der Waals surface area contributed by atoms with E-state index in [2.05, 4.69) is 9.88 Å². The van der Waals surface area contributed by atoms with Gasteiger partial charge in [-0.25, -0.2) is 9.97 Å². The summed E-state index contributed by atoms with van der Waals surface area (Å²) in [6.45, 7) is 5.55. The predicted molar refractivity (Wildman–Crippen MR) is 104 cm³/mol. The van der Waals surface area contributed by atoms with Gasteiger partial charge in [0.1, 0.15) is 5.82 Å². The van der Waals surface area contributed by atoms with E-state index >= 15 is 0 Å². The van der Waals surface area contributed by atoms with E-state index in [-0.39, 0.29) is 5.97 Å². The molecule has 0 N–H and O–H groups in total. The first-order chi connectivity index (χ1) is 13.1. The van der Waals surface area contributed by atoms with E-state index in [1.165, 1.54) is 0 Å². The number of ether oxygens (including phenoxy) is 1. The topological polar surface area (TPSA) is 68.2 Å². The fraction of sp³-hybridized carbons (Fsp3) is 0.333. The Labute approximate surface area is 158 Å². The third-order valence-corrected chi connectivity index (χ3v) is 5.06. The number of carbonyl (C=O) groups is 1. The number of para-hydroxylation sites is 1. The minimum atomic E-state index is -0.515. The number of pyridine rings is 1. The highest BCUT2D eigenvalue weighted by molar-refractivity contribution is 5.91. The summed E-state index contributed by atoms with van der Waals surface area (Å²) in [4.78, 5) is 28.2. The molecule has 1 aliphatic heterocycles. The highest BCUT2D eigenvalue weighted by Gasteiger charge is 2.42. The summed E-state index contributed by atoms with van der Waals surface area (Å²) in [7, 11) is 0. The van der Waals surface area contributed by atoms with Gasteiger partial charge in [-0.1, -0.05) is 12.1 Å². The maximum absolute atomic E-state index is 12.4. The Morgan fingerprint density at radius 3 is 2.74 bits per heavy atom. The van der Waals surface area contributed by atoms with E-state index < -0.39 is 5.41 Å². The van der Waals surface area contributed by atoms with Crippen molar-refractivity contribution in [3.05, 3.63) is 48.8 Å². The third kappa shape index (κ3) is 3.23. The van der Waals surface area contributed by atoms with Gasteiger partial charge in [0.25, 0.3) is 0 Å². The van der Waals surface area contributed by atoms with Gasteiger partial charge in [-0.2, -0.15) is 0 Å². The molecule has 0 spiro atoms. The lowest BCUT2D eigenvalue weighted by molar-refractivity contribution is -0.153. The van der Waals surface area contributed by atoms with Gasteiger partial charge in [0, 0.05) is 36.4 Å². The number of benzene rings is 1. The Balaban J connectivity index is 1.76. The number of anilines is 1. The third-order valence-electron chi connectivity index (χ3n) is 5.06. The maximum atomic E-state index is 12.4. The van der Waals surface area contributed by atoms with Crippen molar-refractivity contribution in [1.29, 1.82) is 0 Å². The standard InChI is InChI=1S/C21H22N4O2/c1-3-27-20(26)21(2)10-13-25(14-21)19-16-6-4-5-7-17(16)23-18(24-19)15-8-11-22-12-9-15/h4-9,11-12H,3,10,13-14H2,1-2H3. The first-order valence-electron chi connectivity index (χ1n) is 9.20. The van der Waals surface area contributed by atoms with E-state index in [9.17, 15) is 4.79 Å². The quantitative estimate of drug-likeness (QED) is 0.662. The molecule has 1 saturated heterocycles. The number of hydrogen-bond donors (Lipinski definition) is 0. The number of fused-ring (bicyclic) bond motifs is 1. The second-order valence-electron chi connectivity index (χ2n) is 7.08. The zero-order valence-electron chi connectivity index (χ0n) is 15.6. The van der Waals surface area contributed by atoms with E-state index in [1.807, 2.05) is 50.2 Å². The molecule has 1 atom stereocenters. The van der Waals surface area contributed by atoms with Gasteiger partial charge < -0.3 is 9.64 Å². The average Bonchev–Trinajstić information content (AvgIpc) is 3.11. The van der Waals surface area contributed by atoms with Crippen LogP contribution in [0.3, 0.4) is 0 Å². The molecule has 4 rings (SSSR count). The SMILES string of the molecule is CCOC(=O)C1(C)CCN(c2nc(-c3ccncc3)nc3ccccc23)C1. The van der Waals surface area contributed by atoms with Gasteiger partial charge in [-0.05, 0) is 44.5 Å². The largest absolute Gasteiger partial charge is 0.466 e. The van der Waals surface area contributed by atoms with E-state index in [0.29, 0.717) is 19.0 Å². The molecule has 27 heavy (non-hydrogen) atoms. The smallest absolute Gasteiger partial charge is 0.313 e. The molecule has 0 aliphatic carbocycles. The van der Waals surface area contributed by atoms with Crippen LogP contribution in [0, 0.1) is 5.41 Å². The summed E-state index contributed by atoms with van der Waals surface area (Å²) >= 11 is 0. The van der Waals surface area contributed by atoms with Gasteiger partial charge >= 0.3 is 5.97 Å². The number of carbonyl (C=O) groups excluding carboxylic acids is 1. The Kier molecular flexibility index (Phi) is 4.48. The minimum Gasteiger partial charge on any atom is -0.466 e. The van der Waals surface area contributed by atoms with E-state index in [0.717, 1.165) is 35.2 Å². The van der Waals surface area contributed by atoms with Gasteiger partial charge in [0.15, 0.2) is 5.82 Å². The molecule has 138 valence electrons. The molecule has 0 bridgehead atoms. The van der Waals surface area contributed by atoms with Crippen LogP contribution in [-0.2, 0) is 9.53 Å². The first-order valence-corrected chi connectivity index (χ1v) is 9.20. The highest BCUT2D eigenvalue weighted by atomic mass is 16.5. The zero-order chi connectivity index (χ0) is 18.9. The van der Waals surface area contributed by atoms with Crippen molar-refractivity contribution in [1.82, 2.24) is 15.0 Å². The maximum Gasteiger partial charge on any atom is 0.313 e. The summed E-state index contributed by atoms with van der Waals surface area (Å²) in [6.07, 6.45) is 4.22. The molecule has 1 fully saturated rings. The molecule has 0 amide bonds. The van der Waals surface area contributed by atoms with Crippen LogP contribution in [0.4, 0.5) is 5.82 Å². The van der Waals surface area contributed by atoms with Crippen LogP contribution in [0.25, 0.3) is 22.3 Å². The number of nitrogens with zero attached hydrogens (tertiary/aromatic N) is 4. The van der Waals surface area contributed by atoms with Crippen molar-refractivity contribution in [3.8, 4) is 11.4 Å². The summed E-state index contributed by atoms with van der Waals surface area (Å²) in [5.41, 5.74) is 1.29. The lowest BCUT2D eigenvalue weighted by Gasteiger charge is -2.24. The zero-order valence-corrected chi connectivity index (χ0v) is 15.6. The van der Waals surface area contributed by atoms with Crippen LogP contribution in [0.1, 0.15) is 20.3 Å². The molecular weight excluding hydrogens is 340 g/mol. The van der Waals surface area contributed by atoms with Gasteiger partial charge in [-0.15, -0.1) is 0 Å². The van der Waals surface area contributed by atoms with Crippen LogP contribution >= 0.6 is 0 Å². The molecule has 0 radical (unpaired) electrons. The van der Waals surface area contributed by atoms with Gasteiger partial charge in [0.2, 0.25) is 0 Å². The van der Waals surface area contributed by atoms with Gasteiger partial charge in [-0.3, -0.25) is 9.78 Å². The highest BCUT2D eigenvalue weighted by Crippen LogP contribution is 2.37. The molecule has 1 unspecified atom stereocenters. The fourth-order valence-corrected chi connectivity index (χ4v) is 3.54. The van der Waals surface area contributed by atoms with Gasteiger partial charge in [0.05, 0.1) is 17.5 Å². The Hall–Kier alpha value is -3.02. The van der Waals surface area contributed by atoms with Crippen molar-refractivity contribution in [2.24, 2.45) is 5.41 Å². The second kappa shape index (κ2) is 6.95. The van der Waals surface area contributed by atoms with Crippen LogP contribution in [0.15, 0.2) is 48.8 Å². The summed E-state index contributed by atoms with van der Waals surface area (Å²) in [6, 6.07) is 11.8. The summed E-state index contributed by atoms with van der Waals surface area (Å²) in [5, 5.41) is 0.989. The Morgan fingerprint density at radius 2 is 1.96 bits per heavy atom. The summed E-state index contributed by atoms with van der Waals surface area (Å²) < 4.78 is 5.29. The molecule has 6 nitrogen and oxygen atoms in total. The first kappa shape index (κ1) is 17.4. The fourth-order valence-electron chi connectivity index (χ4n) is 3.54. The normalized spacial score (nSPS) is 19.4. The van der Waals surface area contributed by atoms with Crippen LogP contribution in [-0.4, -0.2) is 40.6 Å². The van der Waals surface area contributed by atoms with Crippen LogP contribution in [0.2, 0.25) is 0 Å². The van der Waals surface area contributed by atoms with E-state index in [1.54, 1.807) is 12.4 Å². The number of hydrogen-bond acceptors (Lipinski definition) is 6. The Bertz CT molecular complexity index is 976. The predicted octanol–water partition coefficient (Wildman–Crippen LogP) is 3.47. The van der Waals surface area contributed by atoms with Crippen molar-refractivity contribution in [2.45, 2.75) is 20.3 Å². The minimum absolute atomic E-state index is 0.139. The second-order valence-corrected chi connectivity index (χ2v) is 7.08. The molecule has 6 heteroatoms. The molecule has 3 aromatic rings. The number of rotatable bonds is 4. The average molecular weight is 362 g/mol.